The van der Waals surface area contributed by atoms with Crippen molar-refractivity contribution in [1.29, 1.82) is 5.41 Å². The maximum atomic E-state index is 12.9. The number of nitrogens with one attached hydrogen (secondary N) is 1. The molecule has 0 aromatic heterocycles. The molecule has 4 heteroatoms. The first-order chi connectivity index (χ1) is 11.7. The van der Waals surface area contributed by atoms with Gasteiger partial charge >= 0.3 is 0 Å². The van der Waals surface area contributed by atoms with Crippen LogP contribution in [0.15, 0.2) is 83.8 Å². The van der Waals surface area contributed by atoms with Gasteiger partial charge in [0.05, 0.1) is 21.4 Å². The molecule has 0 unspecified atom stereocenters. The minimum Gasteiger partial charge on any atom is -0.457 e. The number of para-hydroxylation sites is 1. The third-order valence-corrected chi connectivity index (χ3v) is 5.72. The van der Waals surface area contributed by atoms with Crippen LogP contribution in [0.5, 0.6) is 11.5 Å². The van der Waals surface area contributed by atoms with Crippen LogP contribution < -0.4 is 4.74 Å². The average molecular weight is 333 g/mol. The lowest BCUT2D eigenvalue weighted by molar-refractivity contribution is 0.481. The molecule has 24 heavy (non-hydrogen) atoms. The molecule has 3 nitrogen and oxygen atoms in total. The molecule has 1 heterocycles. The highest BCUT2D eigenvalue weighted by molar-refractivity contribution is 7.86. The lowest BCUT2D eigenvalue weighted by atomic mass is 10.0. The Hall–Kier alpha value is -2.72. The topological polar surface area (TPSA) is 50.1 Å². The highest BCUT2D eigenvalue weighted by Crippen LogP contribution is 2.39. The molecular formula is C20H15NO2S. The first-order valence-electron chi connectivity index (χ1n) is 7.65. The largest absolute Gasteiger partial charge is 0.457 e. The van der Waals surface area contributed by atoms with Crippen molar-refractivity contribution in [1.82, 2.24) is 0 Å². The SMILES string of the molecule is N=C1c2ccc(Oc3ccccc3)cc2[S@@](=O)[C@@H]1c1ccccc1. The number of fused-ring (bicyclic) bond motifs is 1. The number of benzene rings is 3. The van der Waals surface area contributed by atoms with Crippen LogP contribution >= 0.6 is 0 Å². The molecule has 1 aliphatic heterocycles. The number of rotatable bonds is 3. The fourth-order valence-corrected chi connectivity index (χ4v) is 4.50. The second-order valence-corrected chi connectivity index (χ2v) is 7.08. The van der Waals surface area contributed by atoms with Gasteiger partial charge in [-0.3, -0.25) is 4.21 Å². The van der Waals surface area contributed by atoms with Crippen LogP contribution in [0.3, 0.4) is 0 Å². The molecule has 0 radical (unpaired) electrons. The van der Waals surface area contributed by atoms with Crippen molar-refractivity contribution < 1.29 is 8.95 Å². The van der Waals surface area contributed by atoms with Gasteiger partial charge in [0.1, 0.15) is 16.7 Å². The summed E-state index contributed by atoms with van der Waals surface area (Å²) in [5.74, 6) is 1.37. The van der Waals surface area contributed by atoms with Gasteiger partial charge in [-0.1, -0.05) is 48.5 Å². The Morgan fingerprint density at radius 3 is 2.21 bits per heavy atom. The van der Waals surface area contributed by atoms with Gasteiger partial charge in [-0.15, -0.1) is 0 Å². The summed E-state index contributed by atoms with van der Waals surface area (Å²) in [6, 6.07) is 24.5. The summed E-state index contributed by atoms with van der Waals surface area (Å²) in [5.41, 5.74) is 2.05. The van der Waals surface area contributed by atoms with E-state index in [9.17, 15) is 4.21 Å². The minimum atomic E-state index is -1.29. The standard InChI is InChI=1S/C20H15NO2S/c21-19-17-12-11-16(23-15-9-5-2-6-10-15)13-18(17)24(22)20(19)14-7-3-1-4-8-14/h1-13,20-21H/t20-,24-/m1/s1. The highest BCUT2D eigenvalue weighted by atomic mass is 32.2. The predicted molar refractivity (Wildman–Crippen MR) is 95.4 cm³/mol. The minimum absolute atomic E-state index is 0.404. The van der Waals surface area contributed by atoms with Gasteiger partial charge < -0.3 is 10.1 Å². The maximum Gasteiger partial charge on any atom is 0.128 e. The summed E-state index contributed by atoms with van der Waals surface area (Å²) in [6.45, 7) is 0. The molecule has 3 aromatic carbocycles. The molecular weight excluding hydrogens is 318 g/mol. The van der Waals surface area contributed by atoms with Crippen molar-refractivity contribution in [3.8, 4) is 11.5 Å². The predicted octanol–water partition coefficient (Wildman–Crippen LogP) is 4.71. The Morgan fingerprint density at radius 1 is 0.833 bits per heavy atom. The molecule has 118 valence electrons. The summed E-state index contributed by atoms with van der Waals surface area (Å²) in [4.78, 5) is 0.669. The zero-order valence-electron chi connectivity index (χ0n) is 12.8. The summed E-state index contributed by atoms with van der Waals surface area (Å²) >= 11 is 0. The van der Waals surface area contributed by atoms with E-state index >= 15 is 0 Å². The highest BCUT2D eigenvalue weighted by Gasteiger charge is 2.35. The van der Waals surface area contributed by atoms with Crippen molar-refractivity contribution in [3.63, 3.8) is 0 Å². The van der Waals surface area contributed by atoms with Crippen LogP contribution in [0.2, 0.25) is 0 Å². The maximum absolute atomic E-state index is 12.9. The van der Waals surface area contributed by atoms with Gasteiger partial charge in [0, 0.05) is 5.56 Å². The molecule has 0 aliphatic carbocycles. The molecule has 2 atom stereocenters. The lowest BCUT2D eigenvalue weighted by Crippen LogP contribution is -2.08. The van der Waals surface area contributed by atoms with Gasteiger partial charge in [-0.25, -0.2) is 0 Å². The molecule has 0 saturated heterocycles. The first-order valence-corrected chi connectivity index (χ1v) is 8.86. The fourth-order valence-electron chi connectivity index (χ4n) is 2.87. The van der Waals surface area contributed by atoms with Crippen molar-refractivity contribution in [2.24, 2.45) is 0 Å². The van der Waals surface area contributed by atoms with Gasteiger partial charge in [0.2, 0.25) is 0 Å². The molecule has 0 spiro atoms. The van der Waals surface area contributed by atoms with Crippen molar-refractivity contribution in [2.45, 2.75) is 10.1 Å². The van der Waals surface area contributed by atoms with Crippen LogP contribution in [0.1, 0.15) is 16.4 Å². The Morgan fingerprint density at radius 2 is 1.50 bits per heavy atom. The molecule has 0 amide bonds. The van der Waals surface area contributed by atoms with E-state index in [1.807, 2.05) is 72.8 Å². The van der Waals surface area contributed by atoms with Crippen molar-refractivity contribution >= 4 is 16.5 Å². The summed E-state index contributed by atoms with van der Waals surface area (Å²) in [5, 5.41) is 8.00. The Bertz CT molecular complexity index is 923. The van der Waals surface area contributed by atoms with Crippen LogP contribution in [0.25, 0.3) is 0 Å². The van der Waals surface area contributed by atoms with E-state index in [0.717, 1.165) is 16.9 Å². The Balaban J connectivity index is 1.69. The fraction of sp³-hybridized carbons (Fsp3) is 0.0500. The summed E-state index contributed by atoms with van der Waals surface area (Å²) in [6.07, 6.45) is 0. The van der Waals surface area contributed by atoms with E-state index < -0.39 is 16.0 Å². The average Bonchev–Trinajstić information content (AvgIpc) is 2.87. The molecule has 0 bridgehead atoms. The zero-order chi connectivity index (χ0) is 16.5. The molecule has 1 aliphatic rings. The number of hydrogen-bond donors (Lipinski definition) is 1. The quantitative estimate of drug-likeness (QED) is 0.754. The van der Waals surface area contributed by atoms with Crippen molar-refractivity contribution in [3.05, 3.63) is 90.0 Å². The van der Waals surface area contributed by atoms with E-state index in [1.165, 1.54) is 0 Å². The zero-order valence-corrected chi connectivity index (χ0v) is 13.6. The van der Waals surface area contributed by atoms with Gasteiger partial charge in [0.25, 0.3) is 0 Å². The summed E-state index contributed by atoms with van der Waals surface area (Å²) in [7, 11) is -1.29. The Labute approximate surface area is 142 Å². The molecule has 1 N–H and O–H groups in total. The number of ether oxygens (including phenoxy) is 1. The molecule has 0 saturated carbocycles. The smallest absolute Gasteiger partial charge is 0.128 e. The van der Waals surface area contributed by atoms with Gasteiger partial charge in [0.15, 0.2) is 0 Å². The Kier molecular flexibility index (Phi) is 3.75. The van der Waals surface area contributed by atoms with E-state index in [2.05, 4.69) is 0 Å². The van der Waals surface area contributed by atoms with Crippen LogP contribution in [-0.4, -0.2) is 9.92 Å². The second kappa shape index (κ2) is 6.06. The van der Waals surface area contributed by atoms with Crippen molar-refractivity contribution in [2.75, 3.05) is 0 Å². The van der Waals surface area contributed by atoms with Gasteiger partial charge in [-0.2, -0.15) is 0 Å². The first kappa shape index (κ1) is 14.8. The number of hydrogen-bond acceptors (Lipinski definition) is 3. The second-order valence-electron chi connectivity index (χ2n) is 5.57. The van der Waals surface area contributed by atoms with Gasteiger partial charge in [-0.05, 0) is 35.9 Å². The van der Waals surface area contributed by atoms with Crippen LogP contribution in [-0.2, 0) is 10.8 Å². The lowest BCUT2D eigenvalue weighted by Gasteiger charge is -2.08. The molecule has 4 rings (SSSR count). The van der Waals surface area contributed by atoms with E-state index in [-0.39, 0.29) is 0 Å². The third kappa shape index (κ3) is 2.55. The van der Waals surface area contributed by atoms with E-state index in [0.29, 0.717) is 16.4 Å². The van der Waals surface area contributed by atoms with E-state index in [4.69, 9.17) is 10.1 Å². The molecule has 3 aromatic rings. The molecule has 0 fully saturated rings. The van der Waals surface area contributed by atoms with E-state index in [1.54, 1.807) is 6.07 Å². The third-order valence-electron chi connectivity index (χ3n) is 4.02. The monoisotopic (exact) mass is 333 g/mol. The normalized spacial score (nSPS) is 19.1. The van der Waals surface area contributed by atoms with Crippen LogP contribution in [0.4, 0.5) is 0 Å². The summed E-state index contributed by atoms with van der Waals surface area (Å²) < 4.78 is 18.8. The van der Waals surface area contributed by atoms with Crippen LogP contribution in [0, 0.1) is 5.41 Å².